The molecule has 0 saturated carbocycles. The van der Waals surface area contributed by atoms with E-state index in [1.807, 2.05) is 18.4 Å². The van der Waals surface area contributed by atoms with Gasteiger partial charge in [0.1, 0.15) is 5.75 Å². The van der Waals surface area contributed by atoms with Gasteiger partial charge in [-0.1, -0.05) is 6.92 Å². The van der Waals surface area contributed by atoms with Crippen LogP contribution in [-0.2, 0) is 6.42 Å². The van der Waals surface area contributed by atoms with Crippen LogP contribution in [0.4, 0.5) is 11.4 Å². The number of aryl methyl sites for hydroxylation is 1. The summed E-state index contributed by atoms with van der Waals surface area (Å²) in [5.74, 6) is 0.526. The smallest absolute Gasteiger partial charge is 0.266 e. The Bertz CT molecular complexity index is 593. The molecule has 1 heterocycles. The summed E-state index contributed by atoms with van der Waals surface area (Å²) in [6.45, 7) is 2.03. The Balaban J connectivity index is 2.24. The number of rotatable bonds is 4. The number of thiophene rings is 1. The second kappa shape index (κ2) is 5.75. The van der Waals surface area contributed by atoms with Gasteiger partial charge < -0.3 is 15.8 Å². The lowest BCUT2D eigenvalue weighted by Gasteiger charge is -2.10. The normalized spacial score (nSPS) is 10.2. The first-order chi connectivity index (χ1) is 9.15. The Labute approximate surface area is 116 Å². The van der Waals surface area contributed by atoms with Gasteiger partial charge >= 0.3 is 0 Å². The number of benzene rings is 1. The predicted molar refractivity (Wildman–Crippen MR) is 79.1 cm³/mol. The Morgan fingerprint density at radius 2 is 2.21 bits per heavy atom. The molecule has 0 aliphatic heterocycles. The number of anilines is 2. The maximum Gasteiger partial charge on any atom is 0.266 e. The van der Waals surface area contributed by atoms with E-state index in [0.29, 0.717) is 17.1 Å². The fourth-order valence-electron chi connectivity index (χ4n) is 1.76. The van der Waals surface area contributed by atoms with E-state index >= 15 is 0 Å². The van der Waals surface area contributed by atoms with Crippen molar-refractivity contribution in [3.05, 3.63) is 40.1 Å². The highest BCUT2D eigenvalue weighted by Gasteiger charge is 2.13. The maximum atomic E-state index is 12.2. The van der Waals surface area contributed by atoms with E-state index in [1.54, 1.807) is 25.3 Å². The number of carbonyl (C=O) groups is 1. The zero-order valence-electron chi connectivity index (χ0n) is 10.9. The first-order valence-electron chi connectivity index (χ1n) is 5.97. The van der Waals surface area contributed by atoms with Crippen LogP contribution in [0.2, 0.25) is 0 Å². The molecule has 0 atom stereocenters. The average Bonchev–Trinajstić information content (AvgIpc) is 2.89. The van der Waals surface area contributed by atoms with Crippen LogP contribution in [0.15, 0.2) is 29.6 Å². The van der Waals surface area contributed by atoms with E-state index in [4.69, 9.17) is 10.5 Å². The van der Waals surface area contributed by atoms with Gasteiger partial charge in [-0.2, -0.15) is 0 Å². The van der Waals surface area contributed by atoms with Crippen LogP contribution in [-0.4, -0.2) is 13.0 Å². The van der Waals surface area contributed by atoms with Gasteiger partial charge in [0.05, 0.1) is 23.4 Å². The van der Waals surface area contributed by atoms with Gasteiger partial charge in [-0.25, -0.2) is 0 Å². The molecule has 2 rings (SSSR count). The van der Waals surface area contributed by atoms with E-state index in [0.717, 1.165) is 16.9 Å². The number of nitrogens with two attached hydrogens (primary N) is 1. The first-order valence-corrected chi connectivity index (χ1v) is 6.85. The number of hydrogen-bond acceptors (Lipinski definition) is 4. The summed E-state index contributed by atoms with van der Waals surface area (Å²) in [4.78, 5) is 12.9. The molecule has 0 aliphatic rings. The summed E-state index contributed by atoms with van der Waals surface area (Å²) in [5.41, 5.74) is 7.98. The fraction of sp³-hybridized carbons (Fsp3) is 0.214. The van der Waals surface area contributed by atoms with Crippen molar-refractivity contribution < 1.29 is 9.53 Å². The molecular weight excluding hydrogens is 260 g/mol. The van der Waals surface area contributed by atoms with Gasteiger partial charge in [0.25, 0.3) is 5.91 Å². The molecule has 1 aromatic heterocycles. The van der Waals surface area contributed by atoms with Gasteiger partial charge in [0.2, 0.25) is 0 Å². The van der Waals surface area contributed by atoms with Gasteiger partial charge in [-0.3, -0.25) is 4.79 Å². The number of amides is 1. The lowest BCUT2D eigenvalue weighted by Crippen LogP contribution is -2.13. The Kier molecular flexibility index (Phi) is 4.06. The molecular formula is C14H16N2O2S. The zero-order chi connectivity index (χ0) is 13.8. The topological polar surface area (TPSA) is 64.3 Å². The predicted octanol–water partition coefficient (Wildman–Crippen LogP) is 3.15. The summed E-state index contributed by atoms with van der Waals surface area (Å²) in [7, 11) is 1.57. The molecule has 4 nitrogen and oxygen atoms in total. The van der Waals surface area contributed by atoms with Gasteiger partial charge in [0.15, 0.2) is 0 Å². The molecule has 1 amide bonds. The monoisotopic (exact) mass is 276 g/mol. The number of hydrogen-bond donors (Lipinski definition) is 2. The largest absolute Gasteiger partial charge is 0.497 e. The molecule has 0 fully saturated rings. The third-order valence-corrected chi connectivity index (χ3v) is 3.80. The van der Waals surface area contributed by atoms with Crippen LogP contribution in [0.5, 0.6) is 5.75 Å². The summed E-state index contributed by atoms with van der Waals surface area (Å²) < 4.78 is 5.12. The minimum atomic E-state index is -0.133. The van der Waals surface area contributed by atoms with E-state index < -0.39 is 0 Å². The molecule has 19 heavy (non-hydrogen) atoms. The minimum Gasteiger partial charge on any atom is -0.497 e. The molecule has 1 aromatic carbocycles. The van der Waals surface area contributed by atoms with Crippen molar-refractivity contribution in [1.29, 1.82) is 0 Å². The zero-order valence-corrected chi connectivity index (χ0v) is 11.7. The lowest BCUT2D eigenvalue weighted by molar-refractivity contribution is 0.103. The van der Waals surface area contributed by atoms with Crippen molar-refractivity contribution in [2.75, 3.05) is 18.2 Å². The lowest BCUT2D eigenvalue weighted by atomic mass is 10.2. The van der Waals surface area contributed by atoms with Crippen LogP contribution in [0.25, 0.3) is 0 Å². The summed E-state index contributed by atoms with van der Waals surface area (Å²) in [5, 5.41) is 4.75. The third-order valence-electron chi connectivity index (χ3n) is 2.84. The molecule has 0 spiro atoms. The molecule has 0 radical (unpaired) electrons. The van der Waals surface area contributed by atoms with Gasteiger partial charge in [-0.15, -0.1) is 11.3 Å². The van der Waals surface area contributed by atoms with Crippen molar-refractivity contribution in [3.8, 4) is 5.75 Å². The molecule has 2 aromatic rings. The molecule has 0 saturated heterocycles. The van der Waals surface area contributed by atoms with Crippen LogP contribution < -0.4 is 15.8 Å². The standard InChI is InChI=1S/C14H16N2O2S/c1-3-9-6-7-19-13(9)14(17)16-12-8-10(18-2)4-5-11(12)15/h4-8H,3,15H2,1-2H3,(H,16,17). The van der Waals surface area contributed by atoms with Crippen LogP contribution in [0, 0.1) is 0 Å². The van der Waals surface area contributed by atoms with Crippen molar-refractivity contribution in [2.45, 2.75) is 13.3 Å². The Morgan fingerprint density at radius 3 is 2.89 bits per heavy atom. The number of carbonyl (C=O) groups excluding carboxylic acids is 1. The third kappa shape index (κ3) is 2.88. The van der Waals surface area contributed by atoms with E-state index in [9.17, 15) is 4.79 Å². The number of nitrogen functional groups attached to an aromatic ring is 1. The Hall–Kier alpha value is -2.01. The fourth-order valence-corrected chi connectivity index (χ4v) is 2.65. The molecule has 0 unspecified atom stereocenters. The minimum absolute atomic E-state index is 0.133. The van der Waals surface area contributed by atoms with Crippen LogP contribution >= 0.6 is 11.3 Å². The van der Waals surface area contributed by atoms with Crippen molar-refractivity contribution >= 4 is 28.6 Å². The highest BCUT2D eigenvalue weighted by molar-refractivity contribution is 7.12. The molecule has 3 N–H and O–H groups in total. The quantitative estimate of drug-likeness (QED) is 0.843. The second-order valence-electron chi connectivity index (χ2n) is 4.04. The highest BCUT2D eigenvalue weighted by Crippen LogP contribution is 2.26. The highest BCUT2D eigenvalue weighted by atomic mass is 32.1. The molecule has 0 aliphatic carbocycles. The SMILES string of the molecule is CCc1ccsc1C(=O)Nc1cc(OC)ccc1N. The van der Waals surface area contributed by atoms with E-state index in [2.05, 4.69) is 5.32 Å². The van der Waals surface area contributed by atoms with Crippen molar-refractivity contribution in [1.82, 2.24) is 0 Å². The Morgan fingerprint density at radius 1 is 1.42 bits per heavy atom. The van der Waals surface area contributed by atoms with E-state index in [1.165, 1.54) is 11.3 Å². The number of nitrogens with one attached hydrogen (secondary N) is 1. The second-order valence-corrected chi connectivity index (χ2v) is 4.95. The van der Waals surface area contributed by atoms with Crippen LogP contribution in [0.1, 0.15) is 22.2 Å². The van der Waals surface area contributed by atoms with Crippen molar-refractivity contribution in [3.63, 3.8) is 0 Å². The van der Waals surface area contributed by atoms with Crippen LogP contribution in [0.3, 0.4) is 0 Å². The van der Waals surface area contributed by atoms with E-state index in [-0.39, 0.29) is 5.91 Å². The number of ether oxygens (including phenoxy) is 1. The molecule has 5 heteroatoms. The average molecular weight is 276 g/mol. The summed E-state index contributed by atoms with van der Waals surface area (Å²) >= 11 is 1.43. The number of methoxy groups -OCH3 is 1. The molecule has 100 valence electrons. The first kappa shape index (κ1) is 13.4. The summed E-state index contributed by atoms with van der Waals surface area (Å²) in [6, 6.07) is 7.15. The van der Waals surface area contributed by atoms with Crippen molar-refractivity contribution in [2.24, 2.45) is 0 Å². The summed E-state index contributed by atoms with van der Waals surface area (Å²) in [6.07, 6.45) is 0.833. The maximum absolute atomic E-state index is 12.2. The van der Waals surface area contributed by atoms with Gasteiger partial charge in [0, 0.05) is 6.07 Å². The molecule has 0 bridgehead atoms. The van der Waals surface area contributed by atoms with Gasteiger partial charge in [-0.05, 0) is 35.6 Å².